The number of amidine groups is 1. The highest BCUT2D eigenvalue weighted by molar-refractivity contribution is 5.97. The van der Waals surface area contributed by atoms with Gasteiger partial charge in [0.25, 0.3) is 0 Å². The lowest BCUT2D eigenvalue weighted by molar-refractivity contribution is -0.138. The fraction of sp³-hybridized carbons (Fsp3) is 0.409. The Kier molecular flexibility index (Phi) is 7.93. The lowest BCUT2D eigenvalue weighted by Crippen LogP contribution is -2.27. The molecule has 0 spiro atoms. The standard InChI is InChI=1S/C22H28F3N3O/c1-3-5-12-28(13-6-4-2)19-15-16(21(26)27)14-18(22(23,24)25)20(19)29-17-10-8-7-9-11-17/h7-11,14-15H,3-6,12-13H2,1-2H3,(H3,26,27). The first kappa shape index (κ1) is 22.6. The molecule has 2 aromatic carbocycles. The molecule has 4 nitrogen and oxygen atoms in total. The molecule has 0 fully saturated rings. The van der Waals surface area contributed by atoms with Gasteiger partial charge in [0.15, 0.2) is 5.75 Å². The third-order valence-electron chi connectivity index (χ3n) is 4.55. The first-order valence-electron chi connectivity index (χ1n) is 9.85. The van der Waals surface area contributed by atoms with Gasteiger partial charge in [0, 0.05) is 18.7 Å². The number of anilines is 1. The Hall–Kier alpha value is -2.70. The van der Waals surface area contributed by atoms with Crippen molar-refractivity contribution in [2.45, 2.75) is 45.7 Å². The third-order valence-corrected chi connectivity index (χ3v) is 4.55. The molecular formula is C22H28F3N3O. The van der Waals surface area contributed by atoms with Crippen molar-refractivity contribution >= 4 is 11.5 Å². The summed E-state index contributed by atoms with van der Waals surface area (Å²) < 4.78 is 47.6. The Morgan fingerprint density at radius 2 is 1.62 bits per heavy atom. The summed E-state index contributed by atoms with van der Waals surface area (Å²) >= 11 is 0. The molecule has 158 valence electrons. The number of nitrogens with zero attached hydrogens (tertiary/aromatic N) is 1. The monoisotopic (exact) mass is 407 g/mol. The van der Waals surface area contributed by atoms with E-state index in [2.05, 4.69) is 0 Å². The Bertz CT molecular complexity index is 799. The number of rotatable bonds is 10. The van der Waals surface area contributed by atoms with Gasteiger partial charge >= 0.3 is 6.18 Å². The quantitative estimate of drug-likeness (QED) is 0.365. The zero-order chi connectivity index (χ0) is 21.4. The summed E-state index contributed by atoms with van der Waals surface area (Å²) in [6.45, 7) is 5.26. The Labute approximate surface area is 170 Å². The van der Waals surface area contributed by atoms with E-state index in [0.29, 0.717) is 24.5 Å². The average Bonchev–Trinajstić information content (AvgIpc) is 2.68. The number of nitrogen functional groups attached to an aromatic ring is 1. The molecule has 3 N–H and O–H groups in total. The minimum Gasteiger partial charge on any atom is -0.455 e. The maximum Gasteiger partial charge on any atom is 0.420 e. The third kappa shape index (κ3) is 6.14. The Morgan fingerprint density at radius 1 is 1.03 bits per heavy atom. The van der Waals surface area contributed by atoms with Crippen molar-refractivity contribution in [3.63, 3.8) is 0 Å². The van der Waals surface area contributed by atoms with Crippen LogP contribution in [-0.4, -0.2) is 18.9 Å². The maximum atomic E-state index is 13.9. The molecular weight excluding hydrogens is 379 g/mol. The summed E-state index contributed by atoms with van der Waals surface area (Å²) in [5.74, 6) is -0.337. The topological polar surface area (TPSA) is 62.3 Å². The van der Waals surface area contributed by atoms with Crippen LogP contribution >= 0.6 is 0 Å². The zero-order valence-electron chi connectivity index (χ0n) is 16.9. The largest absolute Gasteiger partial charge is 0.455 e. The van der Waals surface area contributed by atoms with Crippen molar-refractivity contribution in [2.75, 3.05) is 18.0 Å². The van der Waals surface area contributed by atoms with E-state index in [4.69, 9.17) is 15.9 Å². The predicted octanol–water partition coefficient (Wildman–Crippen LogP) is 6.19. The van der Waals surface area contributed by atoms with E-state index in [1.165, 1.54) is 6.07 Å². The van der Waals surface area contributed by atoms with Gasteiger partial charge in [-0.05, 0) is 37.1 Å². The summed E-state index contributed by atoms with van der Waals surface area (Å²) in [6.07, 6.45) is -1.15. The molecule has 0 saturated heterocycles. The van der Waals surface area contributed by atoms with Crippen LogP contribution in [0.1, 0.15) is 50.7 Å². The Morgan fingerprint density at radius 3 is 2.10 bits per heavy atom. The molecule has 0 unspecified atom stereocenters. The molecule has 0 aromatic heterocycles. The SMILES string of the molecule is CCCCN(CCCC)c1cc(C(=N)N)cc(C(F)(F)F)c1Oc1ccccc1. The summed E-state index contributed by atoms with van der Waals surface area (Å²) in [5.41, 5.74) is 4.97. The van der Waals surface area contributed by atoms with E-state index in [9.17, 15) is 13.2 Å². The van der Waals surface area contributed by atoms with E-state index in [1.807, 2.05) is 18.7 Å². The van der Waals surface area contributed by atoms with Crippen LogP contribution in [0, 0.1) is 5.41 Å². The molecule has 0 heterocycles. The lowest BCUT2D eigenvalue weighted by Gasteiger charge is -2.29. The van der Waals surface area contributed by atoms with Gasteiger partial charge in [-0.2, -0.15) is 13.2 Å². The molecule has 29 heavy (non-hydrogen) atoms. The molecule has 2 rings (SSSR count). The van der Waals surface area contributed by atoms with Crippen LogP contribution in [0.15, 0.2) is 42.5 Å². The van der Waals surface area contributed by atoms with Crippen LogP contribution in [0.3, 0.4) is 0 Å². The highest BCUT2D eigenvalue weighted by atomic mass is 19.4. The molecule has 7 heteroatoms. The second-order valence-corrected chi connectivity index (χ2v) is 6.89. The number of halogens is 3. The highest BCUT2D eigenvalue weighted by Crippen LogP contribution is 2.45. The van der Waals surface area contributed by atoms with Crippen LogP contribution < -0.4 is 15.4 Å². The van der Waals surface area contributed by atoms with Crippen LogP contribution in [0.5, 0.6) is 11.5 Å². The summed E-state index contributed by atoms with van der Waals surface area (Å²) in [4.78, 5) is 1.91. The molecule has 0 amide bonds. The van der Waals surface area contributed by atoms with E-state index in [-0.39, 0.29) is 11.3 Å². The van der Waals surface area contributed by atoms with E-state index >= 15 is 0 Å². The van der Waals surface area contributed by atoms with Crippen molar-refractivity contribution in [1.29, 1.82) is 5.41 Å². The molecule has 0 radical (unpaired) electrons. The smallest absolute Gasteiger partial charge is 0.420 e. The number of hydrogen-bond donors (Lipinski definition) is 2. The van der Waals surface area contributed by atoms with Gasteiger partial charge in [0.05, 0.1) is 5.69 Å². The number of benzene rings is 2. The normalized spacial score (nSPS) is 11.3. The molecule has 0 aliphatic carbocycles. The zero-order valence-corrected chi connectivity index (χ0v) is 16.9. The van der Waals surface area contributed by atoms with Gasteiger partial charge in [-0.25, -0.2) is 0 Å². The number of ether oxygens (including phenoxy) is 1. The van der Waals surface area contributed by atoms with Crippen molar-refractivity contribution in [3.8, 4) is 11.5 Å². The van der Waals surface area contributed by atoms with Gasteiger partial charge in [-0.1, -0.05) is 44.9 Å². The van der Waals surface area contributed by atoms with E-state index < -0.39 is 17.6 Å². The molecule has 0 aliphatic heterocycles. The number of para-hydroxylation sites is 1. The molecule has 0 saturated carbocycles. The van der Waals surface area contributed by atoms with Crippen molar-refractivity contribution in [2.24, 2.45) is 5.73 Å². The molecule has 0 bridgehead atoms. The summed E-state index contributed by atoms with van der Waals surface area (Å²) in [7, 11) is 0. The van der Waals surface area contributed by atoms with Crippen LogP contribution in [0.25, 0.3) is 0 Å². The van der Waals surface area contributed by atoms with Crippen LogP contribution in [-0.2, 0) is 6.18 Å². The minimum atomic E-state index is -4.65. The molecule has 0 atom stereocenters. The fourth-order valence-corrected chi connectivity index (χ4v) is 2.98. The second-order valence-electron chi connectivity index (χ2n) is 6.89. The van der Waals surface area contributed by atoms with Gasteiger partial charge in [0.2, 0.25) is 0 Å². The predicted molar refractivity (Wildman–Crippen MR) is 111 cm³/mol. The van der Waals surface area contributed by atoms with E-state index in [1.54, 1.807) is 30.3 Å². The highest BCUT2D eigenvalue weighted by Gasteiger charge is 2.37. The van der Waals surface area contributed by atoms with Gasteiger partial charge in [-0.3, -0.25) is 5.41 Å². The molecule has 2 aromatic rings. The van der Waals surface area contributed by atoms with Gasteiger partial charge < -0.3 is 15.4 Å². The average molecular weight is 407 g/mol. The molecule has 0 aliphatic rings. The number of hydrogen-bond acceptors (Lipinski definition) is 3. The minimum absolute atomic E-state index is 0.0331. The number of alkyl halides is 3. The second kappa shape index (κ2) is 10.2. The lowest BCUT2D eigenvalue weighted by atomic mass is 10.0. The Balaban J connectivity index is 2.68. The van der Waals surface area contributed by atoms with Crippen molar-refractivity contribution in [3.05, 3.63) is 53.6 Å². The van der Waals surface area contributed by atoms with Gasteiger partial charge in [0.1, 0.15) is 17.1 Å². The van der Waals surface area contributed by atoms with Crippen LogP contribution in [0.2, 0.25) is 0 Å². The number of nitrogens with one attached hydrogen (secondary N) is 1. The fourth-order valence-electron chi connectivity index (χ4n) is 2.98. The maximum absolute atomic E-state index is 13.9. The first-order valence-corrected chi connectivity index (χ1v) is 9.85. The summed E-state index contributed by atoms with van der Waals surface area (Å²) in [5, 5.41) is 7.69. The summed E-state index contributed by atoms with van der Waals surface area (Å²) in [6, 6.07) is 10.8. The van der Waals surface area contributed by atoms with Crippen molar-refractivity contribution < 1.29 is 17.9 Å². The number of unbranched alkanes of at least 4 members (excludes halogenated alkanes) is 2. The number of nitrogens with two attached hydrogens (primary N) is 1. The van der Waals surface area contributed by atoms with Crippen LogP contribution in [0.4, 0.5) is 18.9 Å². The van der Waals surface area contributed by atoms with Crippen molar-refractivity contribution in [1.82, 2.24) is 0 Å². The first-order chi connectivity index (χ1) is 13.8. The van der Waals surface area contributed by atoms with Gasteiger partial charge in [-0.15, -0.1) is 0 Å². The van der Waals surface area contributed by atoms with E-state index in [0.717, 1.165) is 31.7 Å².